The molecule has 8 atom stereocenters. The molecule has 5 aliphatic carbocycles. The van der Waals surface area contributed by atoms with Crippen LogP contribution >= 0.6 is 11.6 Å². The number of ketones is 1. The lowest BCUT2D eigenvalue weighted by atomic mass is 9.33. The molecule has 0 spiro atoms. The number of esters is 1. The molecule has 1 heterocycles. The Labute approximate surface area is 355 Å². The van der Waals surface area contributed by atoms with Gasteiger partial charge in [0.2, 0.25) is 0 Å². The number of fused-ring (bicyclic) bond motifs is 7. The van der Waals surface area contributed by atoms with Crippen molar-refractivity contribution in [3.63, 3.8) is 0 Å². The van der Waals surface area contributed by atoms with Crippen molar-refractivity contribution < 1.29 is 28.6 Å². The van der Waals surface area contributed by atoms with E-state index < -0.39 is 22.8 Å². The van der Waals surface area contributed by atoms with Gasteiger partial charge in [-0.05, 0) is 155 Å². The Morgan fingerprint density at radius 3 is 2.22 bits per heavy atom. The van der Waals surface area contributed by atoms with Gasteiger partial charge in [-0.15, -0.1) is 0 Å². The summed E-state index contributed by atoms with van der Waals surface area (Å²) in [5, 5.41) is 9.81. The van der Waals surface area contributed by atoms with Crippen LogP contribution in [0.5, 0.6) is 0 Å². The molecule has 7 rings (SSSR count). The largest absolute Gasteiger partial charge is 0.481 e. The van der Waals surface area contributed by atoms with Gasteiger partial charge in [0, 0.05) is 23.8 Å². The van der Waals surface area contributed by atoms with Crippen LogP contribution in [0.25, 0.3) is 5.69 Å². The summed E-state index contributed by atoms with van der Waals surface area (Å²) in [5.74, 6) is -0.853. The van der Waals surface area contributed by atoms with Crippen molar-refractivity contribution in [1.82, 2.24) is 14.3 Å². The molecule has 4 fully saturated rings. The monoisotopic (exact) mass is 835 g/mol. The molecule has 1 N–H and O–H groups in total. The molecule has 5 aliphatic rings. The van der Waals surface area contributed by atoms with Crippen LogP contribution in [0.4, 0.5) is 4.39 Å². The lowest BCUT2D eigenvalue weighted by Crippen LogP contribution is -2.66. The second kappa shape index (κ2) is 14.7. The van der Waals surface area contributed by atoms with Gasteiger partial charge in [-0.1, -0.05) is 60.1 Å². The third-order valence-electron chi connectivity index (χ3n) is 17.2. The number of ether oxygens (including phenoxy) is 1. The number of halogens is 2. The van der Waals surface area contributed by atoms with Crippen molar-refractivity contribution >= 4 is 29.3 Å². The van der Waals surface area contributed by atoms with Crippen molar-refractivity contribution in [1.29, 1.82) is 0 Å². The number of rotatable bonds is 10. The number of hydrogen-bond acceptors (Lipinski definition) is 6. The topological polar surface area (TPSA) is 111 Å². The first-order valence-electron chi connectivity index (χ1n) is 22.0. The van der Waals surface area contributed by atoms with Gasteiger partial charge in [-0.25, -0.2) is 9.07 Å². The summed E-state index contributed by atoms with van der Waals surface area (Å²) >= 11 is 7.31. The van der Waals surface area contributed by atoms with Crippen LogP contribution in [0, 0.1) is 56.6 Å². The second-order valence-corrected chi connectivity index (χ2v) is 22.0. The van der Waals surface area contributed by atoms with Crippen LogP contribution < -0.4 is 5.56 Å². The first-order chi connectivity index (χ1) is 27.4. The number of carboxylic acid groups (broad SMARTS) is 1. The number of hydrogen-bond donors (Lipinski definition) is 1. The maximum Gasteiger partial charge on any atom is 0.309 e. The van der Waals surface area contributed by atoms with Gasteiger partial charge >= 0.3 is 11.9 Å². The molecule has 1 aromatic carbocycles. The normalized spacial score (nSPS) is 34.1. The minimum Gasteiger partial charge on any atom is -0.481 e. The van der Waals surface area contributed by atoms with Crippen LogP contribution in [0.3, 0.4) is 0 Å². The zero-order valence-corrected chi connectivity index (χ0v) is 38.0. The first kappa shape index (κ1) is 43.8. The molecule has 11 heteroatoms. The molecule has 0 saturated heterocycles. The summed E-state index contributed by atoms with van der Waals surface area (Å²) in [6.07, 6.45) is 7.03. The minimum absolute atomic E-state index is 0.000256. The van der Waals surface area contributed by atoms with E-state index in [0.717, 1.165) is 56.2 Å². The molecule has 4 saturated carbocycles. The number of aromatic nitrogens is 2. The van der Waals surface area contributed by atoms with Gasteiger partial charge in [0.15, 0.2) is 5.78 Å². The van der Waals surface area contributed by atoms with Gasteiger partial charge in [0.1, 0.15) is 16.9 Å². The van der Waals surface area contributed by atoms with Crippen molar-refractivity contribution in [2.24, 2.45) is 50.7 Å². The summed E-state index contributed by atoms with van der Waals surface area (Å²) in [6.45, 7) is 20.5. The maximum absolute atomic E-state index is 14.6. The van der Waals surface area contributed by atoms with Crippen LogP contribution in [0.1, 0.15) is 132 Å². The van der Waals surface area contributed by atoms with E-state index in [1.54, 1.807) is 30.7 Å². The quantitative estimate of drug-likeness (QED) is 0.238. The standard InChI is InChI=1S/C48H67ClFN3O6/c1-28(2)37-32(54)26-48(40-39(49)41(56)53(52(40)25-24-51(10)11)30-14-12-29(50)13-15-30)23-22-46(8)31(38(37)48)16-17-34-45(7)20-19-35(59-36(55)27-43(3,4)42(57)58)44(5,6)33(45)18-21-47(34,46)9/h12-15,28,31,33-35H,16-27H2,1-11H3,(H,57,58)/t31-,33+,34-,35+,45+,46-,47-,48-/m1/s1. The van der Waals surface area contributed by atoms with Gasteiger partial charge < -0.3 is 14.7 Å². The third kappa shape index (κ3) is 6.53. The molecule has 0 unspecified atom stereocenters. The van der Waals surface area contributed by atoms with Gasteiger partial charge in [-0.2, -0.15) is 0 Å². The predicted octanol–water partition coefficient (Wildman–Crippen LogP) is 9.64. The zero-order chi connectivity index (χ0) is 43.4. The van der Waals surface area contributed by atoms with Gasteiger partial charge in [0.25, 0.3) is 5.56 Å². The van der Waals surface area contributed by atoms with Crippen LogP contribution in [-0.2, 0) is 31.1 Å². The van der Waals surface area contributed by atoms with E-state index in [2.05, 4.69) is 53.4 Å². The smallest absolute Gasteiger partial charge is 0.309 e. The molecule has 0 radical (unpaired) electrons. The van der Waals surface area contributed by atoms with Crippen LogP contribution in [0.2, 0.25) is 5.02 Å². The highest BCUT2D eigenvalue weighted by Gasteiger charge is 2.71. The van der Waals surface area contributed by atoms with Crippen LogP contribution in [0.15, 0.2) is 40.2 Å². The fourth-order valence-electron chi connectivity index (χ4n) is 14.1. The van der Waals surface area contributed by atoms with E-state index in [4.69, 9.17) is 16.3 Å². The number of carbonyl (C=O) groups excluding carboxylic acids is 2. The summed E-state index contributed by atoms with van der Waals surface area (Å²) in [7, 11) is 3.99. The van der Waals surface area contributed by atoms with Gasteiger partial charge in [0.05, 0.1) is 29.8 Å². The van der Waals surface area contributed by atoms with Crippen molar-refractivity contribution in [3.05, 3.63) is 62.3 Å². The van der Waals surface area contributed by atoms with E-state index in [9.17, 15) is 28.7 Å². The number of likely N-dealkylation sites (N-methyl/N-ethyl adjacent to an activating group) is 1. The molecule has 2 aromatic rings. The average molecular weight is 837 g/mol. The Morgan fingerprint density at radius 2 is 1.61 bits per heavy atom. The van der Waals surface area contributed by atoms with Crippen molar-refractivity contribution in [3.8, 4) is 5.69 Å². The molecular formula is C48H67ClFN3O6. The fourth-order valence-corrected chi connectivity index (χ4v) is 14.4. The Kier molecular flexibility index (Phi) is 10.9. The molecule has 0 amide bonds. The Balaban J connectivity index is 1.29. The van der Waals surface area contributed by atoms with Gasteiger partial charge in [-0.3, -0.25) is 23.9 Å². The number of allylic oxidation sites excluding steroid dienone is 2. The third-order valence-corrected chi connectivity index (χ3v) is 17.5. The summed E-state index contributed by atoms with van der Waals surface area (Å²) in [6, 6.07) is 5.96. The highest BCUT2D eigenvalue weighted by molar-refractivity contribution is 6.31. The van der Waals surface area contributed by atoms with Crippen molar-refractivity contribution in [2.75, 3.05) is 20.6 Å². The number of nitrogens with zero attached hydrogens (tertiary/aromatic N) is 3. The molecule has 1 aromatic heterocycles. The van der Waals surface area contributed by atoms with Crippen molar-refractivity contribution in [2.45, 2.75) is 145 Å². The Morgan fingerprint density at radius 1 is 0.949 bits per heavy atom. The lowest BCUT2D eigenvalue weighted by molar-refractivity contribution is -0.232. The van der Waals surface area contributed by atoms with Crippen LogP contribution in [-0.4, -0.2) is 63.8 Å². The Hall–Kier alpha value is -3.24. The molecule has 0 bridgehead atoms. The number of aliphatic carboxylic acids is 1. The van der Waals surface area contributed by atoms with E-state index in [1.165, 1.54) is 17.7 Å². The minimum atomic E-state index is -1.20. The first-order valence-corrected chi connectivity index (χ1v) is 22.4. The summed E-state index contributed by atoms with van der Waals surface area (Å²) < 4.78 is 24.0. The molecule has 0 aliphatic heterocycles. The second-order valence-electron chi connectivity index (χ2n) is 21.7. The molecule has 59 heavy (non-hydrogen) atoms. The number of carbonyl (C=O) groups is 3. The van der Waals surface area contributed by atoms with E-state index >= 15 is 0 Å². The SMILES string of the molecule is CC(C)C1=C2[C@H]3CC[C@@H]4[C@@]5(C)CC[C@H](OC(=O)CC(C)(C)C(=O)O)C(C)(C)[C@@H]5CC[C@@]4(C)[C@]3(C)CC[C@@]2(c2c(Cl)c(=O)n(-c3ccc(F)cc3)n2CCN(C)C)CC1=O. The summed E-state index contributed by atoms with van der Waals surface area (Å²) in [4.78, 5) is 56.1. The zero-order valence-electron chi connectivity index (χ0n) is 37.3. The van der Waals surface area contributed by atoms with E-state index in [1.807, 2.05) is 18.8 Å². The lowest BCUT2D eigenvalue weighted by Gasteiger charge is -2.72. The van der Waals surface area contributed by atoms with E-state index in [0.29, 0.717) is 37.0 Å². The molecule has 324 valence electrons. The number of carboxylic acids is 1. The summed E-state index contributed by atoms with van der Waals surface area (Å²) in [5.41, 5.74) is 0.600. The molecular weight excluding hydrogens is 769 g/mol. The number of benzene rings is 1. The van der Waals surface area contributed by atoms with E-state index in [-0.39, 0.29) is 74.6 Å². The fraction of sp³-hybridized carbons (Fsp3) is 0.708. The Bertz CT molecular complexity index is 2130. The maximum atomic E-state index is 14.6. The number of Topliss-reactive ketones (excluding diaryl/α,β-unsaturated/α-hetero) is 1. The average Bonchev–Trinajstić information content (AvgIpc) is 3.58. The predicted molar refractivity (Wildman–Crippen MR) is 228 cm³/mol. The highest BCUT2D eigenvalue weighted by atomic mass is 35.5. The highest BCUT2D eigenvalue weighted by Crippen LogP contribution is 2.77. The molecule has 9 nitrogen and oxygen atoms in total.